The highest BCUT2D eigenvalue weighted by molar-refractivity contribution is 5.94. The molecule has 0 aromatic carbocycles. The average Bonchev–Trinajstić information content (AvgIpc) is 2.69. The van der Waals surface area contributed by atoms with Crippen molar-refractivity contribution in [1.29, 1.82) is 0 Å². The van der Waals surface area contributed by atoms with Crippen molar-refractivity contribution in [3.63, 3.8) is 0 Å². The smallest absolute Gasteiger partial charge is 0.254 e. The maximum atomic E-state index is 11.9. The molecule has 1 aromatic heterocycles. The van der Waals surface area contributed by atoms with Gasteiger partial charge >= 0.3 is 0 Å². The minimum Gasteiger partial charge on any atom is -0.352 e. The standard InChI is InChI=1S/C12H20N4O/c1-9-11(8-15-16(9)2)12(17)14-7-10-4-3-5-13-6-10/h8,10,13H,3-7H2,1-2H3,(H,14,17). The van der Waals surface area contributed by atoms with E-state index in [4.69, 9.17) is 0 Å². The van der Waals surface area contributed by atoms with Crippen molar-refractivity contribution in [2.45, 2.75) is 19.8 Å². The van der Waals surface area contributed by atoms with Gasteiger partial charge in [0.2, 0.25) is 0 Å². The van der Waals surface area contributed by atoms with Crippen LogP contribution in [-0.2, 0) is 7.05 Å². The topological polar surface area (TPSA) is 59.0 Å². The number of nitrogens with one attached hydrogen (secondary N) is 2. The molecule has 94 valence electrons. The summed E-state index contributed by atoms with van der Waals surface area (Å²) in [5.74, 6) is 0.547. The van der Waals surface area contributed by atoms with Crippen LogP contribution in [0.2, 0.25) is 0 Å². The molecule has 5 heteroatoms. The lowest BCUT2D eigenvalue weighted by Gasteiger charge is -2.22. The molecule has 0 bridgehead atoms. The number of hydrogen-bond donors (Lipinski definition) is 2. The average molecular weight is 236 g/mol. The molecule has 5 nitrogen and oxygen atoms in total. The minimum atomic E-state index is -0.0128. The van der Waals surface area contributed by atoms with E-state index in [1.54, 1.807) is 10.9 Å². The van der Waals surface area contributed by atoms with Gasteiger partial charge in [-0.1, -0.05) is 0 Å². The lowest BCUT2D eigenvalue weighted by Crippen LogP contribution is -2.38. The van der Waals surface area contributed by atoms with Gasteiger partial charge in [0, 0.05) is 19.3 Å². The second kappa shape index (κ2) is 5.31. The molecule has 1 amide bonds. The summed E-state index contributed by atoms with van der Waals surface area (Å²) in [6, 6.07) is 0. The summed E-state index contributed by atoms with van der Waals surface area (Å²) >= 11 is 0. The van der Waals surface area contributed by atoms with Crippen LogP contribution in [0, 0.1) is 12.8 Å². The van der Waals surface area contributed by atoms with Gasteiger partial charge in [-0.3, -0.25) is 9.48 Å². The number of carbonyl (C=O) groups is 1. The van der Waals surface area contributed by atoms with Crippen LogP contribution in [0.1, 0.15) is 28.9 Å². The number of aryl methyl sites for hydroxylation is 1. The maximum absolute atomic E-state index is 11.9. The zero-order valence-corrected chi connectivity index (χ0v) is 10.5. The van der Waals surface area contributed by atoms with Crippen LogP contribution < -0.4 is 10.6 Å². The van der Waals surface area contributed by atoms with Crippen molar-refractivity contribution >= 4 is 5.91 Å². The Labute approximate surface area is 102 Å². The predicted octanol–water partition coefficient (Wildman–Crippen LogP) is 0.458. The number of amides is 1. The van der Waals surface area contributed by atoms with Crippen LogP contribution in [0.5, 0.6) is 0 Å². The molecule has 0 radical (unpaired) electrons. The largest absolute Gasteiger partial charge is 0.352 e. The van der Waals surface area contributed by atoms with Gasteiger partial charge in [0.1, 0.15) is 0 Å². The summed E-state index contributed by atoms with van der Waals surface area (Å²) in [5.41, 5.74) is 1.58. The third-order valence-corrected chi connectivity index (χ3v) is 3.43. The van der Waals surface area contributed by atoms with E-state index < -0.39 is 0 Å². The predicted molar refractivity (Wildman–Crippen MR) is 65.9 cm³/mol. The van der Waals surface area contributed by atoms with Gasteiger partial charge in [0.25, 0.3) is 5.91 Å². The molecular weight excluding hydrogens is 216 g/mol. The van der Waals surface area contributed by atoms with Crippen molar-refractivity contribution < 1.29 is 4.79 Å². The fourth-order valence-electron chi connectivity index (χ4n) is 2.15. The van der Waals surface area contributed by atoms with Gasteiger partial charge < -0.3 is 10.6 Å². The van der Waals surface area contributed by atoms with Gasteiger partial charge in [-0.2, -0.15) is 5.10 Å². The van der Waals surface area contributed by atoms with Gasteiger partial charge in [0.05, 0.1) is 11.8 Å². The quantitative estimate of drug-likeness (QED) is 0.801. The van der Waals surface area contributed by atoms with Crippen molar-refractivity contribution in [2.24, 2.45) is 13.0 Å². The third-order valence-electron chi connectivity index (χ3n) is 3.43. The Bertz CT molecular complexity index is 393. The molecule has 1 aromatic rings. The van der Waals surface area contributed by atoms with Gasteiger partial charge in [0.15, 0.2) is 0 Å². The van der Waals surface area contributed by atoms with Gasteiger partial charge in [-0.15, -0.1) is 0 Å². The molecule has 1 saturated heterocycles. The first-order valence-electron chi connectivity index (χ1n) is 6.16. The second-order valence-electron chi connectivity index (χ2n) is 4.69. The number of hydrogen-bond acceptors (Lipinski definition) is 3. The van der Waals surface area contributed by atoms with Crippen molar-refractivity contribution in [3.05, 3.63) is 17.5 Å². The van der Waals surface area contributed by atoms with Crippen LogP contribution in [-0.4, -0.2) is 35.3 Å². The third kappa shape index (κ3) is 2.85. The van der Waals surface area contributed by atoms with Gasteiger partial charge in [-0.05, 0) is 38.8 Å². The molecule has 0 spiro atoms. The lowest BCUT2D eigenvalue weighted by atomic mass is 10.00. The summed E-state index contributed by atoms with van der Waals surface area (Å²) in [6.07, 6.45) is 4.02. The zero-order valence-electron chi connectivity index (χ0n) is 10.5. The highest BCUT2D eigenvalue weighted by Gasteiger charge is 2.16. The number of nitrogens with zero attached hydrogens (tertiary/aromatic N) is 2. The number of piperidine rings is 1. The summed E-state index contributed by atoms with van der Waals surface area (Å²) < 4.78 is 1.72. The molecule has 0 saturated carbocycles. The number of aromatic nitrogens is 2. The van der Waals surface area contributed by atoms with Crippen LogP contribution >= 0.6 is 0 Å². The molecule has 1 aliphatic rings. The highest BCUT2D eigenvalue weighted by Crippen LogP contribution is 2.09. The van der Waals surface area contributed by atoms with Crippen LogP contribution in [0.25, 0.3) is 0 Å². The molecule has 1 unspecified atom stereocenters. The fraction of sp³-hybridized carbons (Fsp3) is 0.667. The van der Waals surface area contributed by atoms with E-state index in [0.717, 1.165) is 25.3 Å². The van der Waals surface area contributed by atoms with E-state index in [1.807, 2.05) is 14.0 Å². The Morgan fingerprint density at radius 1 is 1.71 bits per heavy atom. The van der Waals surface area contributed by atoms with Crippen molar-refractivity contribution in [3.8, 4) is 0 Å². The summed E-state index contributed by atoms with van der Waals surface area (Å²) in [5, 5.41) is 10.4. The van der Waals surface area contributed by atoms with E-state index in [-0.39, 0.29) is 5.91 Å². The van der Waals surface area contributed by atoms with Crippen LogP contribution in [0.4, 0.5) is 0 Å². The van der Waals surface area contributed by atoms with E-state index >= 15 is 0 Å². The molecule has 2 rings (SSSR count). The van der Waals surface area contributed by atoms with E-state index in [0.29, 0.717) is 11.5 Å². The number of carbonyl (C=O) groups excluding carboxylic acids is 1. The minimum absolute atomic E-state index is 0.0128. The van der Waals surface area contributed by atoms with E-state index in [2.05, 4.69) is 15.7 Å². The molecule has 1 fully saturated rings. The first kappa shape index (κ1) is 12.1. The van der Waals surface area contributed by atoms with Gasteiger partial charge in [-0.25, -0.2) is 0 Å². The molecule has 2 heterocycles. The Morgan fingerprint density at radius 2 is 2.53 bits per heavy atom. The van der Waals surface area contributed by atoms with Crippen LogP contribution in [0.3, 0.4) is 0 Å². The monoisotopic (exact) mass is 236 g/mol. The van der Waals surface area contributed by atoms with Crippen LogP contribution in [0.15, 0.2) is 6.20 Å². The van der Waals surface area contributed by atoms with Crippen molar-refractivity contribution in [2.75, 3.05) is 19.6 Å². The highest BCUT2D eigenvalue weighted by atomic mass is 16.1. The maximum Gasteiger partial charge on any atom is 0.254 e. The molecule has 1 aliphatic heterocycles. The SMILES string of the molecule is Cc1c(C(=O)NCC2CCCNC2)cnn1C. The first-order valence-corrected chi connectivity index (χ1v) is 6.16. The molecular formula is C12H20N4O. The normalized spacial score (nSPS) is 20.2. The van der Waals surface area contributed by atoms with E-state index in [1.165, 1.54) is 12.8 Å². The Balaban J connectivity index is 1.86. The molecule has 0 aliphatic carbocycles. The van der Waals surface area contributed by atoms with Crippen molar-refractivity contribution in [1.82, 2.24) is 20.4 Å². The number of rotatable bonds is 3. The molecule has 1 atom stereocenters. The Hall–Kier alpha value is -1.36. The zero-order chi connectivity index (χ0) is 12.3. The first-order chi connectivity index (χ1) is 8.18. The summed E-state index contributed by atoms with van der Waals surface area (Å²) in [7, 11) is 1.84. The second-order valence-corrected chi connectivity index (χ2v) is 4.69. The summed E-state index contributed by atoms with van der Waals surface area (Å²) in [4.78, 5) is 11.9. The Morgan fingerprint density at radius 3 is 3.12 bits per heavy atom. The molecule has 17 heavy (non-hydrogen) atoms. The molecule has 2 N–H and O–H groups in total. The fourth-order valence-corrected chi connectivity index (χ4v) is 2.15. The Kier molecular flexibility index (Phi) is 3.78. The van der Waals surface area contributed by atoms with E-state index in [9.17, 15) is 4.79 Å². The lowest BCUT2D eigenvalue weighted by molar-refractivity contribution is 0.0944. The summed E-state index contributed by atoms with van der Waals surface area (Å²) in [6.45, 7) is 4.77.